The Balaban J connectivity index is 0.000000158. The quantitative estimate of drug-likeness (QED) is 0.0353. The van der Waals surface area contributed by atoms with Crippen molar-refractivity contribution in [2.75, 3.05) is 0 Å². The Kier molecular flexibility index (Phi) is 36.2. The van der Waals surface area contributed by atoms with Crippen molar-refractivity contribution >= 4 is 82.1 Å². The maximum absolute atomic E-state index is 7.19. The molecule has 2 unspecified atom stereocenters. The van der Waals surface area contributed by atoms with E-state index in [2.05, 4.69) is 326 Å². The SMILES string of the molecule is Cc1cc(C)c(OP(Oc2ccccc2C)Oc2ccccc2C)c(-c2cc(C)cc(C)c2OP(Oc2ccccc2C)Oc2ccccc2C)c1.Cc1ccc(C(C)C)c(OP(Oc2c(C)cc(C)cc2-c2cc(C)cc(C)c2OP(Oc2cc(C)ccc2C(C)C)c2ccccc2)c2ccccc2)c1.c1ccc(P(Oc2ccccc2-c2ccccc2OP(c2ccccc2)c2ccccc2)c2ccccc2)cc1. The summed E-state index contributed by atoms with van der Waals surface area (Å²) in [6.45, 7) is 37.8. The molecule has 0 aromatic heterocycles. The van der Waals surface area contributed by atoms with Crippen molar-refractivity contribution in [2.45, 2.75) is 136 Å². The number of hydrogen-bond acceptors (Lipinski definition) is 12. The van der Waals surface area contributed by atoms with Crippen LogP contribution in [0.1, 0.15) is 129 Å². The van der Waals surface area contributed by atoms with Crippen LogP contribution in [0.3, 0.4) is 0 Å². The zero-order valence-electron chi connectivity index (χ0n) is 86.0. The van der Waals surface area contributed by atoms with Gasteiger partial charge in [0.1, 0.15) is 69.0 Å². The molecule has 0 aliphatic rings. The van der Waals surface area contributed by atoms with Gasteiger partial charge in [-0.2, -0.15) is 0 Å². The van der Waals surface area contributed by atoms with Crippen LogP contribution in [-0.4, -0.2) is 0 Å². The first-order valence-electron chi connectivity index (χ1n) is 49.1. The summed E-state index contributed by atoms with van der Waals surface area (Å²) in [6.07, 6.45) is 0. The third-order valence-corrected chi connectivity index (χ3v) is 33.0. The normalized spacial score (nSPS) is 11.5. The second kappa shape index (κ2) is 50.3. The molecule has 2 atom stereocenters. The van der Waals surface area contributed by atoms with Crippen LogP contribution in [0.25, 0.3) is 33.4 Å². The summed E-state index contributed by atoms with van der Waals surface area (Å²) in [4.78, 5) is 0. The van der Waals surface area contributed by atoms with Gasteiger partial charge in [0.25, 0.3) is 0 Å². The zero-order valence-corrected chi connectivity index (χ0v) is 91.4. The first kappa shape index (κ1) is 105. The van der Waals surface area contributed by atoms with Crippen molar-refractivity contribution in [3.63, 3.8) is 0 Å². The van der Waals surface area contributed by atoms with Gasteiger partial charge in [-0.1, -0.05) is 343 Å². The molecule has 18 heteroatoms. The fraction of sp³-hybridized carbons (Fsp3) is 0.156. The monoisotopic (exact) mass is 2040 g/mol. The molecule has 0 heterocycles. The van der Waals surface area contributed by atoms with Crippen LogP contribution in [0.4, 0.5) is 0 Å². The largest absolute Gasteiger partial charge is 0.530 e. The van der Waals surface area contributed by atoms with E-state index in [0.717, 1.165) is 168 Å². The summed E-state index contributed by atoms with van der Waals surface area (Å²) in [7, 11) is -9.21. The molecule has 18 aromatic carbocycles. The summed E-state index contributed by atoms with van der Waals surface area (Å²) in [5.41, 5.74) is 22.5. The predicted molar refractivity (Wildman–Crippen MR) is 614 cm³/mol. The van der Waals surface area contributed by atoms with Crippen LogP contribution in [0, 0.1) is 96.9 Å². The fourth-order valence-corrected chi connectivity index (χ4v) is 25.7. The van der Waals surface area contributed by atoms with Gasteiger partial charge in [0.2, 0.25) is 0 Å². The van der Waals surface area contributed by atoms with Crippen molar-refractivity contribution in [1.29, 1.82) is 0 Å². The molecule has 0 N–H and O–H groups in total. The van der Waals surface area contributed by atoms with Gasteiger partial charge in [-0.15, -0.1) is 0 Å². The highest BCUT2D eigenvalue weighted by Crippen LogP contribution is 2.57. The van der Waals surface area contributed by atoms with Gasteiger partial charge in [-0.05, 0) is 295 Å². The molecule has 0 saturated carbocycles. The molecule has 146 heavy (non-hydrogen) atoms. The molecule has 738 valence electrons. The molecule has 0 amide bonds. The second-order valence-corrected chi connectivity index (χ2v) is 45.3. The predicted octanol–water partition coefficient (Wildman–Crippen LogP) is 35.2. The lowest BCUT2D eigenvalue weighted by Crippen LogP contribution is -2.16. The van der Waals surface area contributed by atoms with Gasteiger partial charge in [0, 0.05) is 54.6 Å². The molecule has 18 rings (SSSR count). The highest BCUT2D eigenvalue weighted by atomic mass is 31.2. The van der Waals surface area contributed by atoms with Crippen LogP contribution in [-0.2, 0) is 0 Å². The van der Waals surface area contributed by atoms with E-state index in [-0.39, 0.29) is 11.8 Å². The van der Waals surface area contributed by atoms with Crippen molar-refractivity contribution in [3.8, 4) is 102 Å². The fourth-order valence-electron chi connectivity index (χ4n) is 16.9. The number of para-hydroxylation sites is 6. The van der Waals surface area contributed by atoms with E-state index in [1.807, 2.05) is 211 Å². The summed E-state index contributed by atoms with van der Waals surface area (Å²) >= 11 is 0. The molecule has 0 saturated heterocycles. The van der Waals surface area contributed by atoms with Gasteiger partial charge < -0.3 is 54.3 Å². The highest BCUT2D eigenvalue weighted by Gasteiger charge is 2.34. The summed E-state index contributed by atoms with van der Waals surface area (Å²) < 4.78 is 82.0. The van der Waals surface area contributed by atoms with Crippen molar-refractivity contribution in [3.05, 3.63) is 502 Å². The van der Waals surface area contributed by atoms with Crippen LogP contribution < -0.4 is 86.1 Å². The molecule has 0 aliphatic heterocycles. The Bertz CT molecular complexity index is 6810. The van der Waals surface area contributed by atoms with E-state index in [1.165, 1.54) is 21.2 Å². The molecule has 0 spiro atoms. The first-order valence-corrected chi connectivity index (χ1v) is 56.2. The van der Waals surface area contributed by atoms with Crippen molar-refractivity contribution < 1.29 is 54.3 Å². The molecule has 18 aromatic rings. The van der Waals surface area contributed by atoms with E-state index in [0.29, 0.717) is 34.5 Å². The average molecular weight is 2040 g/mol. The van der Waals surface area contributed by atoms with E-state index in [9.17, 15) is 0 Å². The van der Waals surface area contributed by atoms with Gasteiger partial charge in [0.05, 0.1) is 10.6 Å². The number of hydrogen-bond donors (Lipinski definition) is 0. The Morgan fingerprint density at radius 3 is 0.637 bits per heavy atom. The lowest BCUT2D eigenvalue weighted by molar-refractivity contribution is 0.382. The topological polar surface area (TPSA) is 111 Å². The Morgan fingerprint density at radius 1 is 0.158 bits per heavy atom. The van der Waals surface area contributed by atoms with Crippen LogP contribution in [0.2, 0.25) is 0 Å². The Morgan fingerprint density at radius 2 is 0.384 bits per heavy atom. The van der Waals surface area contributed by atoms with E-state index in [4.69, 9.17) is 54.3 Å². The van der Waals surface area contributed by atoms with Crippen LogP contribution in [0.15, 0.2) is 413 Å². The number of aryl methyl sites for hydroxylation is 14. The maximum atomic E-state index is 7.19. The van der Waals surface area contributed by atoms with Crippen LogP contribution in [0.5, 0.6) is 69.0 Å². The smallest absolute Gasteiger partial charge is 0.464 e. The number of rotatable bonds is 35. The molecule has 0 fully saturated rings. The average Bonchev–Trinajstić information content (AvgIpc) is 0.776. The minimum Gasteiger partial charge on any atom is -0.464 e. The first-order chi connectivity index (χ1) is 70.8. The Hall–Kier alpha value is -13.9. The molecule has 0 radical (unpaired) electrons. The van der Waals surface area contributed by atoms with Crippen LogP contribution >= 0.6 is 50.3 Å². The second-order valence-electron chi connectivity index (χ2n) is 36.9. The minimum atomic E-state index is -1.96. The molecule has 0 aliphatic carbocycles. The zero-order chi connectivity index (χ0) is 102. The van der Waals surface area contributed by atoms with Crippen molar-refractivity contribution in [1.82, 2.24) is 0 Å². The highest BCUT2D eigenvalue weighted by molar-refractivity contribution is 7.69. The standard InChI is InChI=1S/C48H52O4P2.C44H44O6P2.C36H28O2P2/c1-31(2)41-23-21-33(5)29-45(41)49-53(39-17-13-11-14-18-39)51-47-37(9)25-35(7)27-43(47)44-28-36(8)26-38(10)48(44)52-54(40-19-15-12-16-20-40)50-46-30-34(6)22-24-42(46)32(3)4;1-29-25-35(7)43(49-51(45-39-21-13-9-17-31(39)3)46-40-22-14-10-18-32(40)4)37(27-29)38-28-30(2)26-36(8)44(38)50-52(47-41-23-15-11-19-33(41)5)48-42-24-16-12-20-34(42)6;1-5-17-29(18-6-1)39(30-19-7-2-8-20-30)37-35-27-15-13-25-33(35)34-26-14-16-28-36(34)38-40(31-21-9-3-10-22-31)32-23-11-4-12-24-32/h11-32H,1-10H3;9-28H,1-8H3;1-28H. The third-order valence-electron chi connectivity index (χ3n) is 24.3. The summed E-state index contributed by atoms with van der Waals surface area (Å²) in [6, 6.07) is 141. The lowest BCUT2D eigenvalue weighted by atomic mass is 9.95. The van der Waals surface area contributed by atoms with Gasteiger partial charge in [-0.25, -0.2) is 0 Å². The van der Waals surface area contributed by atoms with Crippen molar-refractivity contribution in [2.24, 2.45) is 0 Å². The molecular formula is C128H124O12P6. The minimum absolute atomic E-state index is 0.290. The third kappa shape index (κ3) is 27.3. The van der Waals surface area contributed by atoms with Gasteiger partial charge >= 0.3 is 34.0 Å². The lowest BCUT2D eigenvalue weighted by Gasteiger charge is -2.26. The van der Waals surface area contributed by atoms with E-state index in [1.54, 1.807) is 0 Å². The summed E-state index contributed by atoms with van der Waals surface area (Å²) in [5.74, 6) is 9.53. The Labute approximate surface area is 870 Å². The number of benzene rings is 18. The van der Waals surface area contributed by atoms with E-state index >= 15 is 0 Å². The molecular weight excluding hydrogens is 1920 g/mol. The van der Waals surface area contributed by atoms with E-state index < -0.39 is 50.3 Å². The maximum Gasteiger partial charge on any atom is 0.530 e. The van der Waals surface area contributed by atoms with Gasteiger partial charge in [0.15, 0.2) is 16.3 Å². The van der Waals surface area contributed by atoms with Gasteiger partial charge in [-0.3, -0.25) is 0 Å². The summed E-state index contributed by atoms with van der Waals surface area (Å²) in [5, 5.41) is 6.65. The molecule has 0 bridgehead atoms. The molecule has 12 nitrogen and oxygen atoms in total.